The smallest absolute Gasteiger partial charge is 0.331 e. The maximum atomic E-state index is 11.9. The van der Waals surface area contributed by atoms with Gasteiger partial charge in [-0.25, -0.2) is 4.79 Å². The number of carbonyl (C=O) groups excluding carboxylic acids is 1. The highest BCUT2D eigenvalue weighted by Gasteiger charge is 2.27. The lowest BCUT2D eigenvalue weighted by Crippen LogP contribution is -2.47. The highest BCUT2D eigenvalue weighted by molar-refractivity contribution is 7.10. The normalized spacial score (nSPS) is 15.7. The van der Waals surface area contributed by atoms with Crippen LogP contribution >= 0.6 is 11.3 Å². The number of rotatable bonds is 6. The summed E-state index contributed by atoms with van der Waals surface area (Å²) in [6, 6.07) is 1.72. The molecule has 3 unspecified atom stereocenters. The maximum Gasteiger partial charge on any atom is 0.331 e. The Morgan fingerprint density at radius 2 is 2.22 bits per heavy atom. The number of aliphatic carboxylic acids is 1. The number of hydrogen-bond donors (Lipinski definition) is 3. The fourth-order valence-corrected chi connectivity index (χ4v) is 2.23. The molecule has 0 saturated carbocycles. The molecule has 0 spiro atoms. The molecule has 1 heterocycles. The Hall–Kier alpha value is -1.40. The van der Waals surface area contributed by atoms with Gasteiger partial charge in [-0.2, -0.15) is 0 Å². The van der Waals surface area contributed by atoms with Crippen LogP contribution in [0.2, 0.25) is 0 Å². The van der Waals surface area contributed by atoms with Crippen molar-refractivity contribution in [1.29, 1.82) is 0 Å². The molecule has 1 rings (SSSR count). The molecule has 5 nitrogen and oxygen atoms in total. The number of hydrogen-bond acceptors (Lipinski definition) is 4. The maximum absolute atomic E-state index is 11.9. The van der Waals surface area contributed by atoms with Gasteiger partial charge in [-0.3, -0.25) is 4.79 Å². The first kappa shape index (κ1) is 14.7. The standard InChI is InChI=1S/C12H18N2O3S/c1-3-7(2)9(13)11(15)14-10(12(16)17)8-5-4-6-18-8/h4-7,9-10H,3,13H2,1-2H3,(H,14,15)(H,16,17). The molecule has 3 atom stereocenters. The van der Waals surface area contributed by atoms with Crippen molar-refractivity contribution in [2.75, 3.05) is 0 Å². The minimum Gasteiger partial charge on any atom is -0.479 e. The molecule has 0 aliphatic rings. The summed E-state index contributed by atoms with van der Waals surface area (Å²) in [7, 11) is 0. The third-order valence-corrected chi connectivity index (χ3v) is 3.86. The van der Waals surface area contributed by atoms with Gasteiger partial charge in [0.15, 0.2) is 6.04 Å². The summed E-state index contributed by atoms with van der Waals surface area (Å²) in [4.78, 5) is 23.6. The molecule has 18 heavy (non-hydrogen) atoms. The number of nitrogens with one attached hydrogen (secondary N) is 1. The van der Waals surface area contributed by atoms with E-state index in [9.17, 15) is 9.59 Å². The fraction of sp³-hybridized carbons (Fsp3) is 0.500. The molecule has 0 aliphatic carbocycles. The number of carbonyl (C=O) groups is 2. The number of amides is 1. The van der Waals surface area contributed by atoms with Crippen molar-refractivity contribution in [1.82, 2.24) is 5.32 Å². The number of thiophene rings is 1. The summed E-state index contributed by atoms with van der Waals surface area (Å²) in [5, 5.41) is 13.4. The quantitative estimate of drug-likeness (QED) is 0.727. The van der Waals surface area contributed by atoms with Crippen molar-refractivity contribution in [2.24, 2.45) is 11.7 Å². The van der Waals surface area contributed by atoms with Gasteiger partial charge in [0, 0.05) is 4.88 Å². The Labute approximate surface area is 110 Å². The first-order chi connectivity index (χ1) is 8.47. The number of carboxylic acids is 1. The van der Waals surface area contributed by atoms with Gasteiger partial charge in [-0.05, 0) is 17.4 Å². The van der Waals surface area contributed by atoms with Crippen LogP contribution < -0.4 is 11.1 Å². The first-order valence-electron chi connectivity index (χ1n) is 5.79. The van der Waals surface area contributed by atoms with Gasteiger partial charge >= 0.3 is 5.97 Å². The average molecular weight is 270 g/mol. The highest BCUT2D eigenvalue weighted by Crippen LogP contribution is 2.19. The van der Waals surface area contributed by atoms with E-state index in [2.05, 4.69) is 5.32 Å². The molecule has 6 heteroatoms. The van der Waals surface area contributed by atoms with Gasteiger partial charge in [-0.15, -0.1) is 11.3 Å². The fourth-order valence-electron chi connectivity index (χ4n) is 1.46. The summed E-state index contributed by atoms with van der Waals surface area (Å²) < 4.78 is 0. The Kier molecular flexibility index (Phi) is 5.30. The van der Waals surface area contributed by atoms with E-state index in [1.165, 1.54) is 11.3 Å². The second kappa shape index (κ2) is 6.51. The lowest BCUT2D eigenvalue weighted by atomic mass is 9.99. The van der Waals surface area contributed by atoms with E-state index in [1.807, 2.05) is 13.8 Å². The van der Waals surface area contributed by atoms with Crippen LogP contribution in [0.15, 0.2) is 17.5 Å². The van der Waals surface area contributed by atoms with Crippen LogP contribution in [0.5, 0.6) is 0 Å². The van der Waals surface area contributed by atoms with Crippen LogP contribution in [0, 0.1) is 5.92 Å². The minimum absolute atomic E-state index is 0.0165. The summed E-state index contributed by atoms with van der Waals surface area (Å²) >= 11 is 1.29. The van der Waals surface area contributed by atoms with Gasteiger partial charge < -0.3 is 16.2 Å². The van der Waals surface area contributed by atoms with Crippen molar-refractivity contribution >= 4 is 23.2 Å². The second-order valence-electron chi connectivity index (χ2n) is 4.21. The molecular formula is C12H18N2O3S. The van der Waals surface area contributed by atoms with Crippen molar-refractivity contribution in [2.45, 2.75) is 32.4 Å². The van der Waals surface area contributed by atoms with Crippen LogP contribution in [0.3, 0.4) is 0 Å². The predicted octanol–water partition coefficient (Wildman–Crippen LogP) is 1.36. The van der Waals surface area contributed by atoms with Crippen molar-refractivity contribution in [3.05, 3.63) is 22.4 Å². The molecule has 1 aromatic heterocycles. The Morgan fingerprint density at radius 3 is 2.67 bits per heavy atom. The zero-order chi connectivity index (χ0) is 13.7. The molecule has 4 N–H and O–H groups in total. The van der Waals surface area contributed by atoms with Gasteiger partial charge in [-0.1, -0.05) is 26.3 Å². The monoisotopic (exact) mass is 270 g/mol. The van der Waals surface area contributed by atoms with Gasteiger partial charge in [0.1, 0.15) is 0 Å². The molecule has 0 bridgehead atoms. The van der Waals surface area contributed by atoms with E-state index in [-0.39, 0.29) is 5.92 Å². The van der Waals surface area contributed by atoms with Crippen LogP contribution in [0.4, 0.5) is 0 Å². The molecule has 0 aromatic carbocycles. The molecule has 1 aromatic rings. The average Bonchev–Trinajstić information content (AvgIpc) is 2.86. The molecule has 0 radical (unpaired) electrons. The first-order valence-corrected chi connectivity index (χ1v) is 6.67. The van der Waals surface area contributed by atoms with E-state index in [4.69, 9.17) is 10.8 Å². The van der Waals surface area contributed by atoms with E-state index >= 15 is 0 Å². The minimum atomic E-state index is -1.08. The topological polar surface area (TPSA) is 92.4 Å². The Balaban J connectivity index is 2.74. The summed E-state index contributed by atoms with van der Waals surface area (Å²) in [6.07, 6.45) is 0.769. The van der Waals surface area contributed by atoms with Crippen molar-refractivity contribution in [3.8, 4) is 0 Å². The number of nitrogens with two attached hydrogens (primary N) is 1. The van der Waals surface area contributed by atoms with Crippen molar-refractivity contribution in [3.63, 3.8) is 0 Å². The SMILES string of the molecule is CCC(C)C(N)C(=O)NC(C(=O)O)c1cccs1. The molecule has 100 valence electrons. The van der Waals surface area contributed by atoms with Crippen LogP contribution in [0.25, 0.3) is 0 Å². The van der Waals surface area contributed by atoms with E-state index in [0.29, 0.717) is 4.88 Å². The van der Waals surface area contributed by atoms with Crippen LogP contribution in [-0.4, -0.2) is 23.0 Å². The lowest BCUT2D eigenvalue weighted by Gasteiger charge is -2.20. The van der Waals surface area contributed by atoms with Crippen LogP contribution in [-0.2, 0) is 9.59 Å². The molecular weight excluding hydrogens is 252 g/mol. The van der Waals surface area contributed by atoms with Gasteiger partial charge in [0.25, 0.3) is 0 Å². The molecule has 0 saturated heterocycles. The van der Waals surface area contributed by atoms with Gasteiger partial charge in [0.05, 0.1) is 6.04 Å². The molecule has 0 fully saturated rings. The number of carboxylic acid groups (broad SMARTS) is 1. The third kappa shape index (κ3) is 3.54. The zero-order valence-corrected chi connectivity index (χ0v) is 11.2. The van der Waals surface area contributed by atoms with E-state index in [0.717, 1.165) is 6.42 Å². The Bertz CT molecular complexity index is 405. The van der Waals surface area contributed by atoms with Gasteiger partial charge in [0.2, 0.25) is 5.91 Å². The van der Waals surface area contributed by atoms with Crippen LogP contribution in [0.1, 0.15) is 31.2 Å². The second-order valence-corrected chi connectivity index (χ2v) is 5.19. The van der Waals surface area contributed by atoms with E-state index < -0.39 is 24.0 Å². The summed E-state index contributed by atoms with van der Waals surface area (Å²) in [6.45, 7) is 3.80. The highest BCUT2D eigenvalue weighted by atomic mass is 32.1. The lowest BCUT2D eigenvalue weighted by molar-refractivity contribution is -0.142. The van der Waals surface area contributed by atoms with E-state index in [1.54, 1.807) is 17.5 Å². The third-order valence-electron chi connectivity index (χ3n) is 2.92. The molecule has 0 aliphatic heterocycles. The molecule has 1 amide bonds. The summed E-state index contributed by atoms with van der Waals surface area (Å²) in [5.74, 6) is -1.49. The Morgan fingerprint density at radius 1 is 1.56 bits per heavy atom. The predicted molar refractivity (Wildman–Crippen MR) is 70.3 cm³/mol. The largest absolute Gasteiger partial charge is 0.479 e. The summed E-state index contributed by atoms with van der Waals surface area (Å²) in [5.41, 5.74) is 5.77. The zero-order valence-electron chi connectivity index (χ0n) is 10.4. The van der Waals surface area contributed by atoms with Crippen molar-refractivity contribution < 1.29 is 14.7 Å².